The van der Waals surface area contributed by atoms with Gasteiger partial charge in [-0.25, -0.2) is 19.1 Å². The van der Waals surface area contributed by atoms with Crippen LogP contribution in [0.3, 0.4) is 0 Å². The van der Waals surface area contributed by atoms with Crippen molar-refractivity contribution >= 4 is 28.5 Å². The summed E-state index contributed by atoms with van der Waals surface area (Å²) in [7, 11) is 1.66. The van der Waals surface area contributed by atoms with Crippen LogP contribution in [0.15, 0.2) is 79.4 Å². The lowest BCUT2D eigenvalue weighted by Gasteiger charge is -2.06. The van der Waals surface area contributed by atoms with Gasteiger partial charge in [0.1, 0.15) is 5.75 Å². The standard InChI is InChI=1S/C22H16N4O.2C2HF3O2/c1-27-18-9-7-15(8-10-18)17-12-24-22-20(13-25-26(22)14-17)19-6-2-4-16-5-3-11-23-21(16)19;2*3-2(4,5)1(6)7/h2-14H,1H3;2*(H,6,7). The number of aliphatic carboxylic acids is 2. The normalized spacial score (nSPS) is 11.2. The lowest BCUT2D eigenvalue weighted by molar-refractivity contribution is -0.193. The first-order chi connectivity index (χ1) is 19.2. The quantitative estimate of drug-likeness (QED) is 0.253. The van der Waals surface area contributed by atoms with Crippen molar-refractivity contribution in [3.63, 3.8) is 0 Å². The van der Waals surface area contributed by atoms with Gasteiger partial charge in [0.2, 0.25) is 0 Å². The molecule has 41 heavy (non-hydrogen) atoms. The highest BCUT2D eigenvalue weighted by Gasteiger charge is 2.38. The number of nitrogens with zero attached hydrogens (tertiary/aromatic N) is 4. The Balaban J connectivity index is 0.000000276. The molecule has 2 aromatic carbocycles. The van der Waals surface area contributed by atoms with Crippen molar-refractivity contribution in [3.8, 4) is 28.0 Å². The fraction of sp³-hybridized carbons (Fsp3) is 0.115. The van der Waals surface area contributed by atoms with Crippen LogP contribution in [0.25, 0.3) is 38.8 Å². The van der Waals surface area contributed by atoms with Gasteiger partial charge in [-0.1, -0.05) is 36.4 Å². The topological polar surface area (TPSA) is 127 Å². The third-order valence-electron chi connectivity index (χ3n) is 5.19. The maximum absolute atomic E-state index is 10.6. The zero-order valence-corrected chi connectivity index (χ0v) is 20.7. The Morgan fingerprint density at radius 1 is 0.780 bits per heavy atom. The third kappa shape index (κ3) is 7.68. The first-order valence-electron chi connectivity index (χ1n) is 11.1. The van der Waals surface area contributed by atoms with Crippen LogP contribution in [0.1, 0.15) is 0 Å². The smallest absolute Gasteiger partial charge is 0.490 e. The number of carboxylic acid groups (broad SMARTS) is 2. The fourth-order valence-corrected chi connectivity index (χ4v) is 3.32. The van der Waals surface area contributed by atoms with Gasteiger partial charge in [-0.2, -0.15) is 31.4 Å². The van der Waals surface area contributed by atoms with Crippen molar-refractivity contribution in [2.75, 3.05) is 7.11 Å². The van der Waals surface area contributed by atoms with Gasteiger partial charge >= 0.3 is 24.3 Å². The zero-order valence-electron chi connectivity index (χ0n) is 20.7. The molecule has 0 spiro atoms. The lowest BCUT2D eigenvalue weighted by atomic mass is 10.0. The second kappa shape index (κ2) is 12.3. The number of ether oxygens (including phenoxy) is 1. The number of hydrogen-bond donors (Lipinski definition) is 2. The molecule has 0 aliphatic heterocycles. The molecular weight excluding hydrogens is 562 g/mol. The number of para-hydroxylation sites is 1. The average Bonchev–Trinajstić information content (AvgIpc) is 3.35. The molecule has 5 aromatic rings. The van der Waals surface area contributed by atoms with E-state index in [0.29, 0.717) is 0 Å². The first-order valence-corrected chi connectivity index (χ1v) is 11.1. The summed E-state index contributed by atoms with van der Waals surface area (Å²) in [6.07, 6.45) is -2.64. The molecule has 0 unspecified atom stereocenters. The van der Waals surface area contributed by atoms with Crippen LogP contribution in [-0.4, -0.2) is 61.2 Å². The summed E-state index contributed by atoms with van der Waals surface area (Å²) in [5.74, 6) is -4.68. The lowest BCUT2D eigenvalue weighted by Crippen LogP contribution is -2.21. The van der Waals surface area contributed by atoms with Gasteiger partial charge in [-0.3, -0.25) is 4.98 Å². The molecule has 3 aromatic heterocycles. The number of carboxylic acids is 2. The Bertz CT molecular complexity index is 1640. The maximum atomic E-state index is 10.6. The summed E-state index contributed by atoms with van der Waals surface area (Å²) in [5, 5.41) is 19.9. The molecule has 0 saturated heterocycles. The number of aromatic nitrogens is 4. The second-order valence-corrected chi connectivity index (χ2v) is 7.88. The number of hydrogen-bond acceptors (Lipinski definition) is 6. The van der Waals surface area contributed by atoms with Crippen LogP contribution in [0.2, 0.25) is 0 Å². The van der Waals surface area contributed by atoms with Gasteiger partial charge in [0.05, 0.1) is 18.8 Å². The Labute approximate surface area is 226 Å². The minimum Gasteiger partial charge on any atom is -0.497 e. The van der Waals surface area contributed by atoms with E-state index >= 15 is 0 Å². The maximum Gasteiger partial charge on any atom is 0.490 e. The van der Waals surface area contributed by atoms with E-state index in [1.807, 2.05) is 65.7 Å². The van der Waals surface area contributed by atoms with Crippen molar-refractivity contribution in [3.05, 3.63) is 79.4 Å². The summed E-state index contributed by atoms with van der Waals surface area (Å²) in [5.41, 5.74) is 5.83. The van der Waals surface area contributed by atoms with E-state index in [1.54, 1.807) is 7.11 Å². The van der Waals surface area contributed by atoms with Crippen molar-refractivity contribution in [2.24, 2.45) is 0 Å². The molecule has 0 radical (unpaired) electrons. The third-order valence-corrected chi connectivity index (χ3v) is 5.19. The molecule has 9 nitrogen and oxygen atoms in total. The molecule has 0 saturated carbocycles. The van der Waals surface area contributed by atoms with E-state index in [0.717, 1.165) is 44.6 Å². The second-order valence-electron chi connectivity index (χ2n) is 7.88. The molecule has 0 bridgehead atoms. The molecule has 0 fully saturated rings. The van der Waals surface area contributed by atoms with Crippen molar-refractivity contribution in [1.82, 2.24) is 19.6 Å². The number of fused-ring (bicyclic) bond motifs is 2. The molecule has 2 N–H and O–H groups in total. The van der Waals surface area contributed by atoms with Gasteiger partial charge in [-0.05, 0) is 23.8 Å². The minimum atomic E-state index is -5.08. The Hall–Kier alpha value is -5.21. The summed E-state index contributed by atoms with van der Waals surface area (Å²) in [6, 6.07) is 18.1. The van der Waals surface area contributed by atoms with Crippen LogP contribution in [0, 0.1) is 0 Å². The van der Waals surface area contributed by atoms with Gasteiger partial charge in [0.25, 0.3) is 0 Å². The number of rotatable bonds is 3. The number of benzene rings is 2. The molecule has 0 aliphatic carbocycles. The van der Waals surface area contributed by atoms with Gasteiger partial charge < -0.3 is 14.9 Å². The summed E-state index contributed by atoms with van der Waals surface area (Å²) >= 11 is 0. The highest BCUT2D eigenvalue weighted by molar-refractivity contribution is 5.96. The van der Waals surface area contributed by atoms with Crippen LogP contribution >= 0.6 is 0 Å². The Morgan fingerprint density at radius 3 is 1.93 bits per heavy atom. The van der Waals surface area contributed by atoms with Crippen molar-refractivity contribution < 1.29 is 50.9 Å². The van der Waals surface area contributed by atoms with Gasteiger partial charge in [-0.15, -0.1) is 0 Å². The zero-order chi connectivity index (χ0) is 30.4. The van der Waals surface area contributed by atoms with E-state index in [9.17, 15) is 26.3 Å². The number of carbonyl (C=O) groups is 2. The highest BCUT2D eigenvalue weighted by atomic mass is 19.4. The Kier molecular flexibility index (Phi) is 9.11. The summed E-state index contributed by atoms with van der Waals surface area (Å²) in [4.78, 5) is 27.0. The van der Waals surface area contributed by atoms with Gasteiger partial charge in [0.15, 0.2) is 5.65 Å². The molecule has 214 valence electrons. The van der Waals surface area contributed by atoms with Crippen molar-refractivity contribution in [2.45, 2.75) is 12.4 Å². The van der Waals surface area contributed by atoms with Crippen LogP contribution in [-0.2, 0) is 9.59 Å². The predicted molar refractivity (Wildman–Crippen MR) is 133 cm³/mol. The molecule has 0 amide bonds. The van der Waals surface area contributed by atoms with E-state index < -0.39 is 24.3 Å². The SMILES string of the molecule is COc1ccc(-c2cnc3c(-c4cccc5cccnc45)cnn3c2)cc1.O=C(O)C(F)(F)F.O=C(O)C(F)(F)F. The largest absolute Gasteiger partial charge is 0.497 e. The fourth-order valence-electron chi connectivity index (χ4n) is 3.32. The van der Waals surface area contributed by atoms with E-state index in [1.165, 1.54) is 0 Å². The van der Waals surface area contributed by atoms with E-state index in [-0.39, 0.29) is 0 Å². The van der Waals surface area contributed by atoms with E-state index in [4.69, 9.17) is 24.5 Å². The van der Waals surface area contributed by atoms with E-state index in [2.05, 4.69) is 33.3 Å². The summed E-state index contributed by atoms with van der Waals surface area (Å²) in [6.45, 7) is 0. The molecule has 5 rings (SSSR count). The molecule has 0 aliphatic rings. The van der Waals surface area contributed by atoms with Crippen LogP contribution in [0.5, 0.6) is 5.75 Å². The minimum absolute atomic E-state index is 0.811. The number of pyridine rings is 1. The van der Waals surface area contributed by atoms with Gasteiger partial charge in [0, 0.05) is 40.7 Å². The molecule has 3 heterocycles. The molecule has 0 atom stereocenters. The number of alkyl halides is 6. The summed E-state index contributed by atoms with van der Waals surface area (Å²) < 4.78 is 70.5. The number of methoxy groups -OCH3 is 1. The molecular formula is C26H18F6N4O5. The monoisotopic (exact) mass is 580 g/mol. The first kappa shape index (κ1) is 30.3. The predicted octanol–water partition coefficient (Wildman–Crippen LogP) is 5.89. The number of halogens is 6. The highest BCUT2D eigenvalue weighted by Crippen LogP contribution is 2.30. The van der Waals surface area contributed by atoms with Crippen molar-refractivity contribution in [1.29, 1.82) is 0 Å². The average molecular weight is 580 g/mol. The Morgan fingerprint density at radius 2 is 1.37 bits per heavy atom. The van der Waals surface area contributed by atoms with Crippen LogP contribution in [0.4, 0.5) is 26.3 Å². The molecule has 15 heteroatoms. The van der Waals surface area contributed by atoms with Crippen LogP contribution < -0.4 is 4.74 Å².